The zero-order valence-corrected chi connectivity index (χ0v) is 11.5. The summed E-state index contributed by atoms with van der Waals surface area (Å²) < 4.78 is 38.3. The molecule has 102 valence electrons. The van der Waals surface area contributed by atoms with Gasteiger partial charge in [0.2, 0.25) is 0 Å². The van der Waals surface area contributed by atoms with Gasteiger partial charge in [-0.25, -0.2) is 0 Å². The van der Waals surface area contributed by atoms with Crippen molar-refractivity contribution in [2.45, 2.75) is 49.1 Å². The maximum absolute atomic E-state index is 12.8. The van der Waals surface area contributed by atoms with E-state index < -0.39 is 17.5 Å². The van der Waals surface area contributed by atoms with Crippen LogP contribution in [-0.4, -0.2) is 17.5 Å². The van der Waals surface area contributed by atoms with Crippen molar-refractivity contribution < 1.29 is 13.2 Å². The predicted molar refractivity (Wildman–Crippen MR) is 69.9 cm³/mol. The molecule has 2 atom stereocenters. The highest BCUT2D eigenvalue weighted by atomic mass is 32.2. The van der Waals surface area contributed by atoms with Crippen LogP contribution in [0.1, 0.15) is 32.3 Å². The lowest BCUT2D eigenvalue weighted by molar-refractivity contribution is -0.131. The molecule has 0 aliphatic heterocycles. The first-order chi connectivity index (χ1) is 8.21. The molecule has 2 N–H and O–H groups in total. The van der Waals surface area contributed by atoms with Crippen LogP contribution in [0.5, 0.6) is 0 Å². The molecule has 0 heterocycles. The van der Waals surface area contributed by atoms with Gasteiger partial charge in [0.25, 0.3) is 0 Å². The molecule has 0 bridgehead atoms. The third-order valence-electron chi connectivity index (χ3n) is 2.61. The first-order valence-electron chi connectivity index (χ1n) is 5.80. The number of alkyl halides is 3. The summed E-state index contributed by atoms with van der Waals surface area (Å²) in [6.07, 6.45) is -4.28. The van der Waals surface area contributed by atoms with E-state index in [1.54, 1.807) is 12.1 Å². The minimum atomic E-state index is -4.28. The van der Waals surface area contributed by atoms with Crippen molar-refractivity contribution >= 4 is 11.8 Å². The van der Waals surface area contributed by atoms with Crippen molar-refractivity contribution in [1.82, 2.24) is 0 Å². The minimum absolute atomic E-state index is 0.371. The average Bonchev–Trinajstić information content (AvgIpc) is 2.24. The summed E-state index contributed by atoms with van der Waals surface area (Å²) in [6.45, 7) is 5.47. The summed E-state index contributed by atoms with van der Waals surface area (Å²) in [7, 11) is 0. The summed E-state index contributed by atoms with van der Waals surface area (Å²) >= 11 is 0.774. The lowest BCUT2D eigenvalue weighted by atomic mass is 10.0. The van der Waals surface area contributed by atoms with E-state index in [1.807, 2.05) is 26.0 Å². The summed E-state index contributed by atoms with van der Waals surface area (Å²) in [5, 5.41) is -1.57. The van der Waals surface area contributed by atoms with Gasteiger partial charge in [0, 0.05) is 10.9 Å². The van der Waals surface area contributed by atoms with E-state index in [-0.39, 0.29) is 0 Å². The van der Waals surface area contributed by atoms with Gasteiger partial charge in [0.05, 0.1) is 0 Å². The number of thioether (sulfide) groups is 1. The van der Waals surface area contributed by atoms with Crippen molar-refractivity contribution in [3.05, 3.63) is 29.8 Å². The molecule has 2 unspecified atom stereocenters. The van der Waals surface area contributed by atoms with E-state index in [1.165, 1.54) is 6.92 Å². The fourth-order valence-electron chi connectivity index (χ4n) is 1.55. The topological polar surface area (TPSA) is 26.0 Å². The molecule has 0 aromatic heterocycles. The number of hydrogen-bond acceptors (Lipinski definition) is 2. The number of benzene rings is 1. The molecule has 5 heteroatoms. The first kappa shape index (κ1) is 15.4. The molecule has 1 aromatic carbocycles. The zero-order valence-electron chi connectivity index (χ0n) is 10.7. The fourth-order valence-corrected chi connectivity index (χ4v) is 2.48. The minimum Gasteiger partial charge on any atom is -0.327 e. The summed E-state index contributed by atoms with van der Waals surface area (Å²) in [4.78, 5) is 0.596. The van der Waals surface area contributed by atoms with Gasteiger partial charge in [0.1, 0.15) is 5.25 Å². The highest BCUT2D eigenvalue weighted by Crippen LogP contribution is 2.37. The van der Waals surface area contributed by atoms with Crippen LogP contribution < -0.4 is 5.73 Å². The molecule has 0 amide bonds. The standard InChI is InChI=1S/C13H18F3NS/c1-8(2)10-4-6-11(7-5-10)18-12(9(3)17)13(14,15)16/h4-9,12H,17H2,1-3H3. The molecule has 0 spiro atoms. The molecule has 0 saturated carbocycles. The number of rotatable bonds is 4. The van der Waals surface area contributed by atoms with Crippen LogP contribution in [0.4, 0.5) is 13.2 Å². The van der Waals surface area contributed by atoms with Crippen LogP contribution in [0.3, 0.4) is 0 Å². The molecule has 18 heavy (non-hydrogen) atoms. The number of nitrogens with two attached hydrogens (primary N) is 1. The SMILES string of the molecule is CC(C)c1ccc(SC(C(C)N)C(F)(F)F)cc1. The maximum atomic E-state index is 12.8. The molecule has 0 saturated heterocycles. The Morgan fingerprint density at radius 3 is 1.89 bits per heavy atom. The van der Waals surface area contributed by atoms with E-state index in [2.05, 4.69) is 0 Å². The van der Waals surface area contributed by atoms with Crippen LogP contribution in [0, 0.1) is 0 Å². The van der Waals surface area contributed by atoms with E-state index in [4.69, 9.17) is 5.73 Å². The number of halogens is 3. The van der Waals surface area contributed by atoms with Crippen molar-refractivity contribution in [1.29, 1.82) is 0 Å². The predicted octanol–water partition coefficient (Wildman–Crippen LogP) is 4.18. The zero-order chi connectivity index (χ0) is 13.9. The molecular formula is C13H18F3NS. The van der Waals surface area contributed by atoms with E-state index in [9.17, 15) is 13.2 Å². The van der Waals surface area contributed by atoms with Gasteiger partial charge in [-0.1, -0.05) is 26.0 Å². The Kier molecular flexibility index (Phi) is 5.10. The molecule has 1 aromatic rings. The smallest absolute Gasteiger partial charge is 0.327 e. The van der Waals surface area contributed by atoms with Crippen LogP contribution in [0.15, 0.2) is 29.2 Å². The molecule has 1 nitrogen and oxygen atoms in total. The molecule has 0 aliphatic rings. The summed E-state index contributed by atoms with van der Waals surface area (Å²) in [6, 6.07) is 6.24. The third-order valence-corrected chi connectivity index (χ3v) is 4.10. The Balaban J connectivity index is 2.82. The normalized spacial score (nSPS) is 15.8. The van der Waals surface area contributed by atoms with Crippen LogP contribution in [0.25, 0.3) is 0 Å². The average molecular weight is 277 g/mol. The van der Waals surface area contributed by atoms with Gasteiger partial charge in [0.15, 0.2) is 0 Å². The van der Waals surface area contributed by atoms with Gasteiger partial charge in [-0.3, -0.25) is 0 Å². The molecular weight excluding hydrogens is 259 g/mol. The lowest BCUT2D eigenvalue weighted by Gasteiger charge is -2.23. The van der Waals surface area contributed by atoms with Gasteiger partial charge in [-0.2, -0.15) is 13.2 Å². The Bertz CT molecular complexity index is 371. The van der Waals surface area contributed by atoms with Crippen LogP contribution >= 0.6 is 11.8 Å². The molecule has 0 aliphatic carbocycles. The van der Waals surface area contributed by atoms with Gasteiger partial charge in [-0.15, -0.1) is 11.8 Å². The molecule has 1 rings (SSSR count). The summed E-state index contributed by atoms with van der Waals surface area (Å²) in [5.41, 5.74) is 6.52. The Labute approximate surface area is 110 Å². The second kappa shape index (κ2) is 5.97. The highest BCUT2D eigenvalue weighted by molar-refractivity contribution is 8.00. The van der Waals surface area contributed by atoms with Crippen LogP contribution in [0.2, 0.25) is 0 Å². The monoisotopic (exact) mass is 277 g/mol. The summed E-state index contributed by atoms with van der Waals surface area (Å²) in [5.74, 6) is 0.371. The van der Waals surface area contributed by atoms with E-state index in [0.29, 0.717) is 10.8 Å². The third kappa shape index (κ3) is 4.21. The Morgan fingerprint density at radius 2 is 1.56 bits per heavy atom. The van der Waals surface area contributed by atoms with E-state index in [0.717, 1.165) is 17.3 Å². The largest absolute Gasteiger partial charge is 0.402 e. The lowest BCUT2D eigenvalue weighted by Crippen LogP contribution is -2.40. The highest BCUT2D eigenvalue weighted by Gasteiger charge is 2.42. The number of hydrogen-bond donors (Lipinski definition) is 1. The second-order valence-corrected chi connectivity index (χ2v) is 5.88. The van der Waals surface area contributed by atoms with Crippen molar-refractivity contribution in [3.63, 3.8) is 0 Å². The van der Waals surface area contributed by atoms with Crippen molar-refractivity contribution in [3.8, 4) is 0 Å². The maximum Gasteiger partial charge on any atom is 0.402 e. The van der Waals surface area contributed by atoms with Gasteiger partial charge in [-0.05, 0) is 30.5 Å². The molecule has 0 fully saturated rings. The Morgan fingerprint density at radius 1 is 1.06 bits per heavy atom. The van der Waals surface area contributed by atoms with Gasteiger partial charge >= 0.3 is 6.18 Å². The van der Waals surface area contributed by atoms with Gasteiger partial charge < -0.3 is 5.73 Å². The quantitative estimate of drug-likeness (QED) is 0.835. The van der Waals surface area contributed by atoms with E-state index >= 15 is 0 Å². The van der Waals surface area contributed by atoms with Crippen molar-refractivity contribution in [2.24, 2.45) is 5.73 Å². The fraction of sp³-hybridized carbons (Fsp3) is 0.538. The first-order valence-corrected chi connectivity index (χ1v) is 6.68. The van der Waals surface area contributed by atoms with Crippen molar-refractivity contribution in [2.75, 3.05) is 0 Å². The molecule has 0 radical (unpaired) electrons. The second-order valence-electron chi connectivity index (χ2n) is 4.66. The van der Waals surface area contributed by atoms with Crippen LogP contribution in [-0.2, 0) is 0 Å². The Hall–Kier alpha value is -0.680.